The highest BCUT2D eigenvalue weighted by Crippen LogP contribution is 2.23. The maximum atomic E-state index is 12.3. The largest absolute Gasteiger partial charge is 0.398 e. The van der Waals surface area contributed by atoms with Crippen molar-refractivity contribution in [2.45, 2.75) is 43.6 Å². The molecule has 1 aromatic rings. The van der Waals surface area contributed by atoms with Crippen molar-refractivity contribution in [3.8, 4) is 0 Å². The molecule has 1 unspecified atom stereocenters. The summed E-state index contributed by atoms with van der Waals surface area (Å²) in [5.41, 5.74) is 7.01. The van der Waals surface area contributed by atoms with E-state index in [-0.39, 0.29) is 16.8 Å². The van der Waals surface area contributed by atoms with Crippen molar-refractivity contribution in [2.24, 2.45) is 0 Å². The van der Waals surface area contributed by atoms with Crippen LogP contribution in [0.2, 0.25) is 0 Å². The lowest BCUT2D eigenvalue weighted by molar-refractivity contribution is 0.104. The quantitative estimate of drug-likeness (QED) is 0.842. The van der Waals surface area contributed by atoms with E-state index < -0.39 is 9.84 Å². The molecule has 2 rings (SSSR count). The molecule has 19 heavy (non-hydrogen) atoms. The van der Waals surface area contributed by atoms with Crippen molar-refractivity contribution in [3.05, 3.63) is 23.8 Å². The van der Waals surface area contributed by atoms with Crippen LogP contribution in [0.15, 0.2) is 23.1 Å². The monoisotopic (exact) mass is 283 g/mol. The summed E-state index contributed by atoms with van der Waals surface area (Å²) in [5, 5.41) is 0. The predicted octanol–water partition coefficient (Wildman–Crippen LogP) is 2.31. The Morgan fingerprint density at radius 1 is 1.42 bits per heavy atom. The Hall–Kier alpha value is -1.07. The van der Waals surface area contributed by atoms with Crippen LogP contribution in [0.1, 0.15) is 31.2 Å². The summed E-state index contributed by atoms with van der Waals surface area (Å²) in [4.78, 5) is 0.264. The Morgan fingerprint density at radius 2 is 2.21 bits per heavy atom. The lowest BCUT2D eigenvalue weighted by Gasteiger charge is -2.11. The van der Waals surface area contributed by atoms with Gasteiger partial charge in [-0.15, -0.1) is 0 Å². The first-order valence-corrected chi connectivity index (χ1v) is 8.35. The smallest absolute Gasteiger partial charge is 0.180 e. The Morgan fingerprint density at radius 3 is 2.89 bits per heavy atom. The third-order valence-electron chi connectivity index (χ3n) is 3.47. The van der Waals surface area contributed by atoms with Gasteiger partial charge in [-0.25, -0.2) is 8.42 Å². The summed E-state index contributed by atoms with van der Waals surface area (Å²) in [5.74, 6) is 0.139. The molecule has 1 aliphatic heterocycles. The number of hydrogen-bond acceptors (Lipinski definition) is 4. The maximum Gasteiger partial charge on any atom is 0.180 e. The van der Waals surface area contributed by atoms with E-state index >= 15 is 0 Å². The third-order valence-corrected chi connectivity index (χ3v) is 5.32. The minimum atomic E-state index is -3.29. The Balaban J connectivity index is 1.99. The molecule has 0 amide bonds. The van der Waals surface area contributed by atoms with E-state index in [1.54, 1.807) is 12.1 Å². The normalized spacial score (nSPS) is 19.7. The molecule has 0 radical (unpaired) electrons. The maximum absolute atomic E-state index is 12.3. The van der Waals surface area contributed by atoms with Crippen molar-refractivity contribution in [1.82, 2.24) is 0 Å². The number of benzene rings is 1. The molecule has 0 bridgehead atoms. The first kappa shape index (κ1) is 14.3. The average Bonchev–Trinajstić information content (AvgIpc) is 2.85. The molecule has 1 saturated heterocycles. The van der Waals surface area contributed by atoms with E-state index in [2.05, 4.69) is 0 Å². The van der Waals surface area contributed by atoms with Gasteiger partial charge in [-0.3, -0.25) is 0 Å². The molecular formula is C14H21NO3S. The van der Waals surface area contributed by atoms with Crippen LogP contribution >= 0.6 is 0 Å². The highest BCUT2D eigenvalue weighted by Gasteiger charge is 2.20. The van der Waals surface area contributed by atoms with Gasteiger partial charge in [-0.2, -0.15) is 0 Å². The lowest BCUT2D eigenvalue weighted by Crippen LogP contribution is -2.12. The molecule has 1 aromatic carbocycles. The summed E-state index contributed by atoms with van der Waals surface area (Å²) in [6, 6.07) is 5.12. The van der Waals surface area contributed by atoms with Gasteiger partial charge in [0.25, 0.3) is 0 Å². The Bertz CT molecular complexity index is 534. The van der Waals surface area contributed by atoms with Gasteiger partial charge in [0, 0.05) is 6.61 Å². The lowest BCUT2D eigenvalue weighted by atomic mass is 10.1. The minimum Gasteiger partial charge on any atom is -0.398 e. The number of anilines is 1. The van der Waals surface area contributed by atoms with E-state index in [1.165, 1.54) is 0 Å². The SMILES string of the molecule is Cc1ccc(N)c(S(=O)(=O)CCCC2CCCO2)c1. The number of hydrogen-bond donors (Lipinski definition) is 1. The predicted molar refractivity (Wildman–Crippen MR) is 75.9 cm³/mol. The molecule has 2 N–H and O–H groups in total. The fraction of sp³-hybridized carbons (Fsp3) is 0.571. The Kier molecular flexibility index (Phi) is 4.47. The number of nitrogens with two attached hydrogens (primary N) is 1. The van der Waals surface area contributed by atoms with Crippen LogP contribution in [0.5, 0.6) is 0 Å². The number of ether oxygens (including phenoxy) is 1. The van der Waals surface area contributed by atoms with Gasteiger partial charge in [0.15, 0.2) is 9.84 Å². The van der Waals surface area contributed by atoms with Gasteiger partial charge in [0.2, 0.25) is 0 Å². The average molecular weight is 283 g/mol. The van der Waals surface area contributed by atoms with E-state index in [4.69, 9.17) is 10.5 Å². The first-order valence-electron chi connectivity index (χ1n) is 6.69. The van der Waals surface area contributed by atoms with Crippen LogP contribution in [0.3, 0.4) is 0 Å². The van der Waals surface area contributed by atoms with E-state index in [1.807, 2.05) is 13.0 Å². The summed E-state index contributed by atoms with van der Waals surface area (Å²) >= 11 is 0. The number of aryl methyl sites for hydroxylation is 1. The highest BCUT2D eigenvalue weighted by molar-refractivity contribution is 7.91. The van der Waals surface area contributed by atoms with Crippen molar-refractivity contribution in [3.63, 3.8) is 0 Å². The van der Waals surface area contributed by atoms with E-state index in [9.17, 15) is 8.42 Å². The zero-order valence-corrected chi connectivity index (χ0v) is 12.1. The topological polar surface area (TPSA) is 69.4 Å². The molecule has 5 heteroatoms. The number of nitrogen functional groups attached to an aromatic ring is 1. The molecule has 1 atom stereocenters. The van der Waals surface area contributed by atoms with Gasteiger partial charge in [-0.1, -0.05) is 6.07 Å². The van der Waals surface area contributed by atoms with Gasteiger partial charge in [0.1, 0.15) is 0 Å². The molecule has 1 heterocycles. The summed E-state index contributed by atoms with van der Waals surface area (Å²) < 4.78 is 30.0. The van der Waals surface area contributed by atoms with E-state index in [0.717, 1.165) is 31.4 Å². The van der Waals surface area contributed by atoms with Crippen LogP contribution in [0.4, 0.5) is 5.69 Å². The molecule has 0 aliphatic carbocycles. The number of sulfone groups is 1. The molecule has 0 saturated carbocycles. The van der Waals surface area contributed by atoms with Crippen molar-refractivity contribution in [2.75, 3.05) is 18.1 Å². The Labute approximate surface area is 114 Å². The van der Waals surface area contributed by atoms with E-state index in [0.29, 0.717) is 12.1 Å². The van der Waals surface area contributed by atoms with Crippen LogP contribution in [0.25, 0.3) is 0 Å². The van der Waals surface area contributed by atoms with Crippen molar-refractivity contribution in [1.29, 1.82) is 0 Å². The second-order valence-corrected chi connectivity index (χ2v) is 7.21. The molecule has 0 spiro atoms. The minimum absolute atomic E-state index is 0.139. The molecule has 1 aliphatic rings. The van der Waals surface area contributed by atoms with Gasteiger partial charge in [-0.05, 0) is 50.3 Å². The van der Waals surface area contributed by atoms with Crippen LogP contribution in [0, 0.1) is 6.92 Å². The summed E-state index contributed by atoms with van der Waals surface area (Å²) in [6.45, 7) is 2.67. The molecular weight excluding hydrogens is 262 g/mol. The first-order chi connectivity index (χ1) is 8.99. The van der Waals surface area contributed by atoms with Gasteiger partial charge < -0.3 is 10.5 Å². The fourth-order valence-corrected chi connectivity index (χ4v) is 3.95. The summed E-state index contributed by atoms with van der Waals surface area (Å²) in [7, 11) is -3.29. The van der Waals surface area contributed by atoms with Crippen molar-refractivity contribution < 1.29 is 13.2 Å². The van der Waals surface area contributed by atoms with Gasteiger partial charge in [0.05, 0.1) is 22.4 Å². The standard InChI is InChI=1S/C14H21NO3S/c1-11-6-7-13(15)14(10-11)19(16,17)9-3-5-12-4-2-8-18-12/h6-7,10,12H,2-5,8-9,15H2,1H3. The molecule has 4 nitrogen and oxygen atoms in total. The molecule has 106 valence electrons. The second kappa shape index (κ2) is 5.92. The zero-order valence-electron chi connectivity index (χ0n) is 11.3. The van der Waals surface area contributed by atoms with Gasteiger partial charge >= 0.3 is 0 Å². The van der Waals surface area contributed by atoms with Crippen molar-refractivity contribution >= 4 is 15.5 Å². The van der Waals surface area contributed by atoms with Crippen LogP contribution in [-0.4, -0.2) is 26.9 Å². The highest BCUT2D eigenvalue weighted by atomic mass is 32.2. The fourth-order valence-electron chi connectivity index (χ4n) is 2.39. The molecule has 0 aromatic heterocycles. The number of rotatable bonds is 5. The summed E-state index contributed by atoms with van der Waals surface area (Å²) in [6.07, 6.45) is 3.81. The van der Waals surface area contributed by atoms with Crippen LogP contribution in [-0.2, 0) is 14.6 Å². The second-order valence-electron chi connectivity index (χ2n) is 5.14. The third kappa shape index (κ3) is 3.70. The van der Waals surface area contributed by atoms with Crippen LogP contribution < -0.4 is 5.73 Å². The molecule has 1 fully saturated rings. The zero-order chi connectivity index (χ0) is 13.9.